The number of rotatable bonds is 1. The molecular formula is C17H19N. The summed E-state index contributed by atoms with van der Waals surface area (Å²) >= 11 is 0. The fourth-order valence-electron chi connectivity index (χ4n) is 2.83. The highest BCUT2D eigenvalue weighted by molar-refractivity contribution is 5.84. The Morgan fingerprint density at radius 2 is 2.06 bits per heavy atom. The summed E-state index contributed by atoms with van der Waals surface area (Å²) in [7, 11) is 0. The molecule has 0 saturated heterocycles. The third kappa shape index (κ3) is 2.01. The number of nitrogens with two attached hydrogens (primary N) is 1. The van der Waals surface area contributed by atoms with Crippen molar-refractivity contribution in [2.24, 2.45) is 5.92 Å². The van der Waals surface area contributed by atoms with Gasteiger partial charge >= 0.3 is 0 Å². The second kappa shape index (κ2) is 4.49. The minimum absolute atomic E-state index is 0.614. The third-order valence-corrected chi connectivity index (χ3v) is 3.73. The molecule has 0 saturated carbocycles. The van der Waals surface area contributed by atoms with Crippen LogP contribution in [-0.4, -0.2) is 0 Å². The Morgan fingerprint density at radius 3 is 2.83 bits per heavy atom. The SMILES string of the molecule is C[C@H]1C=Cc2c(cc(N)cc2C2=CCCC=C2)C1. The third-order valence-electron chi connectivity index (χ3n) is 3.73. The predicted octanol–water partition coefficient (Wildman–Crippen LogP) is 4.21. The van der Waals surface area contributed by atoms with Crippen molar-refractivity contribution in [3.63, 3.8) is 0 Å². The summed E-state index contributed by atoms with van der Waals surface area (Å²) in [6, 6.07) is 4.24. The number of hydrogen-bond donors (Lipinski definition) is 1. The van der Waals surface area contributed by atoms with Gasteiger partial charge in [-0.3, -0.25) is 0 Å². The monoisotopic (exact) mass is 237 g/mol. The van der Waals surface area contributed by atoms with Gasteiger partial charge in [0.25, 0.3) is 0 Å². The lowest BCUT2D eigenvalue weighted by atomic mass is 9.84. The zero-order chi connectivity index (χ0) is 12.5. The molecule has 1 heteroatoms. The molecule has 92 valence electrons. The number of allylic oxidation sites excluding steroid dienone is 5. The van der Waals surface area contributed by atoms with Gasteiger partial charge in [0, 0.05) is 5.69 Å². The fourth-order valence-corrected chi connectivity index (χ4v) is 2.83. The quantitative estimate of drug-likeness (QED) is 0.727. The molecule has 0 fully saturated rings. The molecule has 0 spiro atoms. The van der Waals surface area contributed by atoms with Crippen LogP contribution in [0.15, 0.2) is 36.4 Å². The Morgan fingerprint density at radius 1 is 1.17 bits per heavy atom. The van der Waals surface area contributed by atoms with E-state index in [0.29, 0.717) is 5.92 Å². The van der Waals surface area contributed by atoms with Gasteiger partial charge in [-0.2, -0.15) is 0 Å². The molecule has 0 heterocycles. The Kier molecular flexibility index (Phi) is 2.83. The first kappa shape index (κ1) is 11.3. The minimum Gasteiger partial charge on any atom is -0.399 e. The van der Waals surface area contributed by atoms with Crippen molar-refractivity contribution in [1.29, 1.82) is 0 Å². The first-order chi connectivity index (χ1) is 8.74. The molecule has 0 amide bonds. The van der Waals surface area contributed by atoms with Crippen LogP contribution < -0.4 is 5.73 Å². The van der Waals surface area contributed by atoms with E-state index in [2.05, 4.69) is 49.4 Å². The zero-order valence-corrected chi connectivity index (χ0v) is 10.8. The van der Waals surface area contributed by atoms with E-state index in [1.165, 1.54) is 22.3 Å². The average Bonchev–Trinajstić information content (AvgIpc) is 2.38. The van der Waals surface area contributed by atoms with Gasteiger partial charge in [-0.1, -0.05) is 37.3 Å². The Bertz CT molecular complexity index is 561. The molecule has 1 aromatic rings. The van der Waals surface area contributed by atoms with E-state index < -0.39 is 0 Å². The van der Waals surface area contributed by atoms with Crippen LogP contribution in [-0.2, 0) is 6.42 Å². The van der Waals surface area contributed by atoms with Crippen molar-refractivity contribution in [1.82, 2.24) is 0 Å². The molecule has 2 N–H and O–H groups in total. The molecule has 0 radical (unpaired) electrons. The molecule has 2 aliphatic rings. The van der Waals surface area contributed by atoms with Crippen LogP contribution in [0.2, 0.25) is 0 Å². The van der Waals surface area contributed by atoms with Crippen LogP contribution >= 0.6 is 0 Å². The maximum Gasteiger partial charge on any atom is 0.0323 e. The predicted molar refractivity (Wildman–Crippen MR) is 79.1 cm³/mol. The molecule has 0 aliphatic heterocycles. The summed E-state index contributed by atoms with van der Waals surface area (Å²) in [6.07, 6.45) is 14.7. The normalized spacial score (nSPS) is 21.6. The van der Waals surface area contributed by atoms with Crippen LogP contribution in [0.3, 0.4) is 0 Å². The van der Waals surface area contributed by atoms with Crippen molar-refractivity contribution >= 4 is 17.3 Å². The molecule has 0 aromatic heterocycles. The van der Waals surface area contributed by atoms with Gasteiger partial charge in [0.15, 0.2) is 0 Å². The molecular weight excluding hydrogens is 218 g/mol. The van der Waals surface area contributed by atoms with Gasteiger partial charge < -0.3 is 5.73 Å². The van der Waals surface area contributed by atoms with Gasteiger partial charge in [0.05, 0.1) is 0 Å². The van der Waals surface area contributed by atoms with Gasteiger partial charge in [0.1, 0.15) is 0 Å². The number of fused-ring (bicyclic) bond motifs is 1. The van der Waals surface area contributed by atoms with E-state index in [4.69, 9.17) is 5.73 Å². The lowest BCUT2D eigenvalue weighted by Crippen LogP contribution is -2.07. The van der Waals surface area contributed by atoms with Crippen molar-refractivity contribution in [2.45, 2.75) is 26.2 Å². The van der Waals surface area contributed by atoms with E-state index in [1.54, 1.807) is 0 Å². The first-order valence-electron chi connectivity index (χ1n) is 6.72. The maximum atomic E-state index is 6.06. The van der Waals surface area contributed by atoms with E-state index in [9.17, 15) is 0 Å². The van der Waals surface area contributed by atoms with E-state index in [1.807, 2.05) is 0 Å². The molecule has 1 nitrogen and oxygen atoms in total. The van der Waals surface area contributed by atoms with Crippen LogP contribution in [0, 0.1) is 5.92 Å². The van der Waals surface area contributed by atoms with E-state index in [0.717, 1.165) is 24.9 Å². The van der Waals surface area contributed by atoms with Gasteiger partial charge in [-0.05, 0) is 59.6 Å². The Hall–Kier alpha value is -1.76. The molecule has 3 rings (SSSR count). The maximum absolute atomic E-state index is 6.06. The van der Waals surface area contributed by atoms with Crippen molar-refractivity contribution in [3.8, 4) is 0 Å². The van der Waals surface area contributed by atoms with E-state index in [-0.39, 0.29) is 0 Å². The van der Waals surface area contributed by atoms with E-state index >= 15 is 0 Å². The molecule has 0 bridgehead atoms. The minimum atomic E-state index is 0.614. The lowest BCUT2D eigenvalue weighted by molar-refractivity contribution is 0.717. The van der Waals surface area contributed by atoms with Gasteiger partial charge in [-0.15, -0.1) is 0 Å². The summed E-state index contributed by atoms with van der Waals surface area (Å²) in [5.74, 6) is 0.614. The smallest absolute Gasteiger partial charge is 0.0323 e. The second-order valence-electron chi connectivity index (χ2n) is 5.32. The first-order valence-corrected chi connectivity index (χ1v) is 6.72. The number of benzene rings is 1. The standard InChI is InChI=1S/C17H19N/c1-12-7-8-16-14(9-12)10-15(18)11-17(16)13-5-3-2-4-6-13/h3,5-8,10-12H,2,4,9,18H2,1H3/t12-/m0/s1. The van der Waals surface area contributed by atoms with Crippen LogP contribution in [0.5, 0.6) is 0 Å². The number of nitrogen functional groups attached to an aromatic ring is 1. The van der Waals surface area contributed by atoms with Crippen molar-refractivity contribution in [3.05, 3.63) is 53.1 Å². The Balaban J connectivity index is 2.14. The number of hydrogen-bond acceptors (Lipinski definition) is 1. The lowest BCUT2D eigenvalue weighted by Gasteiger charge is -2.21. The molecule has 18 heavy (non-hydrogen) atoms. The highest BCUT2D eigenvalue weighted by atomic mass is 14.5. The molecule has 1 aromatic carbocycles. The van der Waals surface area contributed by atoms with Gasteiger partial charge in [0.2, 0.25) is 0 Å². The zero-order valence-electron chi connectivity index (χ0n) is 10.8. The summed E-state index contributed by atoms with van der Waals surface area (Å²) in [5.41, 5.74) is 12.3. The summed E-state index contributed by atoms with van der Waals surface area (Å²) in [5, 5.41) is 0. The molecule has 0 unspecified atom stereocenters. The summed E-state index contributed by atoms with van der Waals surface area (Å²) in [6.45, 7) is 2.25. The van der Waals surface area contributed by atoms with Crippen LogP contribution in [0.25, 0.3) is 11.6 Å². The van der Waals surface area contributed by atoms with Crippen LogP contribution in [0.1, 0.15) is 36.5 Å². The van der Waals surface area contributed by atoms with Crippen molar-refractivity contribution < 1.29 is 0 Å². The second-order valence-corrected chi connectivity index (χ2v) is 5.32. The largest absolute Gasteiger partial charge is 0.399 e. The fraction of sp³-hybridized carbons (Fsp3) is 0.294. The molecule has 2 aliphatic carbocycles. The molecule has 1 atom stereocenters. The Labute approximate surface area is 109 Å². The van der Waals surface area contributed by atoms with Crippen LogP contribution in [0.4, 0.5) is 5.69 Å². The van der Waals surface area contributed by atoms with Crippen molar-refractivity contribution in [2.75, 3.05) is 5.73 Å². The summed E-state index contributed by atoms with van der Waals surface area (Å²) < 4.78 is 0. The highest BCUT2D eigenvalue weighted by Gasteiger charge is 2.16. The average molecular weight is 237 g/mol. The topological polar surface area (TPSA) is 26.0 Å². The van der Waals surface area contributed by atoms with Gasteiger partial charge in [-0.25, -0.2) is 0 Å². The highest BCUT2D eigenvalue weighted by Crippen LogP contribution is 2.33. The number of anilines is 1. The summed E-state index contributed by atoms with van der Waals surface area (Å²) in [4.78, 5) is 0.